The Labute approximate surface area is 154 Å². The molecular formula is C20H19F5N2. The van der Waals surface area contributed by atoms with E-state index in [0.717, 1.165) is 36.5 Å². The minimum absolute atomic E-state index is 0.255. The molecule has 0 saturated heterocycles. The van der Waals surface area contributed by atoms with Crippen molar-refractivity contribution in [1.82, 2.24) is 9.97 Å². The van der Waals surface area contributed by atoms with Crippen LogP contribution in [0.15, 0.2) is 24.5 Å². The fourth-order valence-electron chi connectivity index (χ4n) is 2.63. The van der Waals surface area contributed by atoms with Crippen molar-refractivity contribution in [2.75, 3.05) is 0 Å². The summed E-state index contributed by atoms with van der Waals surface area (Å²) in [6, 6.07) is 1.97. The largest absolute Gasteiger partial charge is 0.458 e. The number of hydrogen-bond acceptors (Lipinski definition) is 2. The van der Waals surface area contributed by atoms with Crippen molar-refractivity contribution in [1.29, 1.82) is 0 Å². The molecule has 1 atom stereocenters. The Morgan fingerprint density at radius 1 is 1.04 bits per heavy atom. The summed E-state index contributed by atoms with van der Waals surface area (Å²) in [5.74, 6) is 1.02. The van der Waals surface area contributed by atoms with Gasteiger partial charge in [0.15, 0.2) is 0 Å². The van der Waals surface area contributed by atoms with Crippen molar-refractivity contribution in [2.24, 2.45) is 0 Å². The molecule has 2 aromatic rings. The highest BCUT2D eigenvalue weighted by atomic mass is 19.4. The lowest BCUT2D eigenvalue weighted by Gasteiger charge is -2.10. The summed E-state index contributed by atoms with van der Waals surface area (Å²) in [4.78, 5) is 8.54. The number of aryl methyl sites for hydroxylation is 2. The lowest BCUT2D eigenvalue weighted by atomic mass is 9.99. The Kier molecular flexibility index (Phi) is 6.89. The molecule has 0 bridgehead atoms. The van der Waals surface area contributed by atoms with Crippen molar-refractivity contribution in [3.05, 3.63) is 58.7 Å². The van der Waals surface area contributed by atoms with Crippen LogP contribution in [0.25, 0.3) is 0 Å². The lowest BCUT2D eigenvalue weighted by molar-refractivity contribution is -0.0696. The van der Waals surface area contributed by atoms with Crippen LogP contribution in [0.3, 0.4) is 0 Å². The standard InChI is InChI=1S/C20H19F5N2/c1-3-4-13(2)15-11-26-19(27-12-15)6-5-14-9-17(21)16(18(22)10-14)7-8-20(23,24)25/h9-13H,3-6H2,1-2H3. The van der Waals surface area contributed by atoms with Crippen LogP contribution in [-0.2, 0) is 12.8 Å². The Morgan fingerprint density at radius 2 is 1.63 bits per heavy atom. The van der Waals surface area contributed by atoms with Crippen LogP contribution in [0.2, 0.25) is 0 Å². The first kappa shape index (κ1) is 20.8. The van der Waals surface area contributed by atoms with E-state index in [0.29, 0.717) is 23.7 Å². The van der Waals surface area contributed by atoms with Gasteiger partial charge in [-0.3, -0.25) is 0 Å². The maximum Gasteiger partial charge on any atom is 0.458 e. The van der Waals surface area contributed by atoms with Crippen molar-refractivity contribution in [2.45, 2.75) is 51.6 Å². The zero-order chi connectivity index (χ0) is 20.0. The Balaban J connectivity index is 2.07. The highest BCUT2D eigenvalue weighted by Crippen LogP contribution is 2.20. The predicted octanol–water partition coefficient (Wildman–Crippen LogP) is 5.36. The monoisotopic (exact) mass is 382 g/mol. The molecule has 0 aliphatic heterocycles. The number of alkyl halides is 3. The Hall–Kier alpha value is -2.49. The van der Waals surface area contributed by atoms with Crippen LogP contribution >= 0.6 is 0 Å². The van der Waals surface area contributed by atoms with Crippen molar-refractivity contribution < 1.29 is 22.0 Å². The summed E-state index contributed by atoms with van der Waals surface area (Å²) < 4.78 is 64.0. The van der Waals surface area contributed by atoms with Crippen LogP contribution < -0.4 is 0 Å². The summed E-state index contributed by atoms with van der Waals surface area (Å²) in [6.07, 6.45) is 1.39. The van der Waals surface area contributed by atoms with E-state index in [1.807, 2.05) is 0 Å². The van der Waals surface area contributed by atoms with Crippen molar-refractivity contribution >= 4 is 0 Å². The minimum Gasteiger partial charge on any atom is -0.241 e. The molecule has 2 rings (SSSR count). The fraction of sp³-hybridized carbons (Fsp3) is 0.400. The molecule has 1 heterocycles. The molecule has 0 radical (unpaired) electrons. The van der Waals surface area contributed by atoms with Gasteiger partial charge in [0.1, 0.15) is 17.5 Å². The zero-order valence-corrected chi connectivity index (χ0v) is 15.0. The van der Waals surface area contributed by atoms with Crippen LogP contribution in [0.1, 0.15) is 55.1 Å². The fourth-order valence-corrected chi connectivity index (χ4v) is 2.63. The van der Waals surface area contributed by atoms with Crippen molar-refractivity contribution in [3.63, 3.8) is 0 Å². The van der Waals surface area contributed by atoms with Gasteiger partial charge in [-0.2, -0.15) is 13.2 Å². The molecule has 1 aromatic carbocycles. The second-order valence-corrected chi connectivity index (χ2v) is 6.30. The third-order valence-electron chi connectivity index (χ3n) is 4.08. The average molecular weight is 382 g/mol. The van der Waals surface area contributed by atoms with E-state index in [2.05, 4.69) is 23.8 Å². The van der Waals surface area contributed by atoms with Gasteiger partial charge in [0, 0.05) is 24.7 Å². The normalized spacial score (nSPS) is 12.4. The van der Waals surface area contributed by atoms with Gasteiger partial charge in [-0.15, -0.1) is 0 Å². The first-order valence-electron chi connectivity index (χ1n) is 8.58. The van der Waals surface area contributed by atoms with Crippen LogP contribution in [0.4, 0.5) is 22.0 Å². The molecule has 0 aliphatic carbocycles. The molecule has 1 unspecified atom stereocenters. The molecule has 0 fully saturated rings. The van der Waals surface area contributed by atoms with Gasteiger partial charge in [-0.05, 0) is 42.0 Å². The number of rotatable bonds is 6. The summed E-state index contributed by atoms with van der Waals surface area (Å²) in [7, 11) is 0. The third kappa shape index (κ3) is 6.31. The van der Waals surface area contributed by atoms with Gasteiger partial charge in [-0.25, -0.2) is 18.7 Å². The predicted molar refractivity (Wildman–Crippen MR) is 92.1 cm³/mol. The number of halogens is 5. The van der Waals surface area contributed by atoms with Gasteiger partial charge in [0.25, 0.3) is 0 Å². The molecule has 2 nitrogen and oxygen atoms in total. The van der Waals surface area contributed by atoms with E-state index < -0.39 is 23.4 Å². The number of aromatic nitrogens is 2. The summed E-state index contributed by atoms with van der Waals surface area (Å²) in [5.41, 5.74) is 0.446. The molecule has 144 valence electrons. The zero-order valence-electron chi connectivity index (χ0n) is 15.0. The average Bonchev–Trinajstić information content (AvgIpc) is 2.59. The summed E-state index contributed by atoms with van der Waals surface area (Å²) >= 11 is 0. The minimum atomic E-state index is -4.81. The van der Waals surface area contributed by atoms with Gasteiger partial charge in [0.2, 0.25) is 0 Å². The van der Waals surface area contributed by atoms with E-state index in [1.54, 1.807) is 12.4 Å². The van der Waals surface area contributed by atoms with E-state index in [4.69, 9.17) is 0 Å². The first-order valence-corrected chi connectivity index (χ1v) is 8.58. The molecule has 0 amide bonds. The molecule has 0 aliphatic rings. The highest BCUT2D eigenvalue weighted by Gasteiger charge is 2.23. The second-order valence-electron chi connectivity index (χ2n) is 6.30. The maximum atomic E-state index is 13.9. The highest BCUT2D eigenvalue weighted by molar-refractivity contribution is 5.40. The number of benzene rings is 1. The van der Waals surface area contributed by atoms with E-state index in [1.165, 1.54) is 5.92 Å². The molecule has 1 aromatic heterocycles. The topological polar surface area (TPSA) is 25.8 Å². The van der Waals surface area contributed by atoms with Crippen LogP contribution in [0.5, 0.6) is 0 Å². The van der Waals surface area contributed by atoms with Crippen LogP contribution in [-0.4, -0.2) is 16.1 Å². The molecule has 27 heavy (non-hydrogen) atoms. The molecule has 0 saturated carbocycles. The molecule has 0 N–H and O–H groups in total. The Bertz CT molecular complexity index is 809. The first-order chi connectivity index (χ1) is 12.7. The number of nitrogens with zero attached hydrogens (tertiary/aromatic N) is 2. The smallest absolute Gasteiger partial charge is 0.241 e. The lowest BCUT2D eigenvalue weighted by Crippen LogP contribution is -2.04. The molecular weight excluding hydrogens is 363 g/mol. The number of hydrogen-bond donors (Lipinski definition) is 0. The van der Waals surface area contributed by atoms with Crippen LogP contribution in [0, 0.1) is 23.5 Å². The summed E-state index contributed by atoms with van der Waals surface area (Å²) in [5, 5.41) is 0. The molecule has 0 spiro atoms. The summed E-state index contributed by atoms with van der Waals surface area (Å²) in [6.45, 7) is 4.20. The molecule has 7 heteroatoms. The Morgan fingerprint density at radius 3 is 2.15 bits per heavy atom. The second kappa shape index (κ2) is 8.94. The van der Waals surface area contributed by atoms with Gasteiger partial charge in [0.05, 0.1) is 5.56 Å². The van der Waals surface area contributed by atoms with Crippen molar-refractivity contribution in [3.8, 4) is 11.8 Å². The SMILES string of the molecule is CCCC(C)c1cnc(CCc2cc(F)c(C#CC(F)(F)F)c(F)c2)nc1. The quantitative estimate of drug-likeness (QED) is 0.497. The van der Waals surface area contributed by atoms with Gasteiger partial charge >= 0.3 is 6.18 Å². The van der Waals surface area contributed by atoms with Gasteiger partial charge < -0.3 is 0 Å². The van der Waals surface area contributed by atoms with Gasteiger partial charge in [-0.1, -0.05) is 26.2 Å². The van der Waals surface area contributed by atoms with E-state index in [9.17, 15) is 22.0 Å². The third-order valence-corrected chi connectivity index (χ3v) is 4.08. The van der Waals surface area contributed by atoms with E-state index in [-0.39, 0.29) is 6.42 Å². The maximum absolute atomic E-state index is 13.9. The van der Waals surface area contributed by atoms with E-state index >= 15 is 0 Å².